The Morgan fingerprint density at radius 3 is 2.63 bits per heavy atom. The van der Waals surface area contributed by atoms with Gasteiger partial charge in [-0.05, 0) is 80.9 Å². The van der Waals surface area contributed by atoms with Gasteiger partial charge in [0.2, 0.25) is 0 Å². The van der Waals surface area contributed by atoms with Crippen molar-refractivity contribution < 1.29 is 1.43 Å². The van der Waals surface area contributed by atoms with Crippen LogP contribution in [-0.2, 0) is 0 Å². The minimum absolute atomic E-state index is 0. The lowest BCUT2D eigenvalue weighted by Gasteiger charge is -2.32. The third kappa shape index (κ3) is 6.79. The predicted octanol–water partition coefficient (Wildman–Crippen LogP) is 8.04. The standard InChI is InChI=1S/C26H39N/c1-6-7-19-27-20-24-15-9-14-23(24)13-8-11-21(2)16-17-25-22(3)12-10-18-26(25,4)5/h8,11,13,16-17,20H,6-7,9-10,12,14-15,18-19H2,1-5H3/p+1/b13-8+,17-16+,21-11+,27-20?. The Hall–Kier alpha value is -1.63. The largest absolute Gasteiger partial charge is 1.00 e. The summed E-state index contributed by atoms with van der Waals surface area (Å²) in [6.07, 6.45) is 23.4. The number of nitrogens with zero attached hydrogens (tertiary/aromatic N) is 1. The summed E-state index contributed by atoms with van der Waals surface area (Å²) in [4.78, 5) is 4.59. The van der Waals surface area contributed by atoms with Crippen LogP contribution >= 0.6 is 0 Å². The molecule has 1 heteroatoms. The fourth-order valence-corrected chi connectivity index (χ4v) is 4.15. The first-order chi connectivity index (χ1) is 12.9. The molecular weight excluding hydrogens is 326 g/mol. The van der Waals surface area contributed by atoms with E-state index in [2.05, 4.69) is 76.2 Å². The Labute approximate surface area is 169 Å². The molecule has 0 amide bonds. The minimum atomic E-state index is 0. The summed E-state index contributed by atoms with van der Waals surface area (Å²) in [6, 6.07) is 0. The van der Waals surface area contributed by atoms with Crippen LogP contribution in [-0.4, -0.2) is 12.8 Å². The van der Waals surface area contributed by atoms with Gasteiger partial charge in [-0.2, -0.15) is 0 Å². The van der Waals surface area contributed by atoms with E-state index in [1.807, 2.05) is 0 Å². The molecule has 0 atom stereocenters. The molecule has 0 N–H and O–H groups in total. The highest BCUT2D eigenvalue weighted by Crippen LogP contribution is 2.40. The molecule has 0 aromatic carbocycles. The van der Waals surface area contributed by atoms with E-state index in [1.54, 1.807) is 5.57 Å². The molecule has 0 fully saturated rings. The van der Waals surface area contributed by atoms with Crippen LogP contribution in [0.4, 0.5) is 0 Å². The molecule has 27 heavy (non-hydrogen) atoms. The van der Waals surface area contributed by atoms with Crippen molar-refractivity contribution in [1.82, 2.24) is 0 Å². The zero-order valence-electron chi connectivity index (χ0n) is 19.3. The topological polar surface area (TPSA) is 12.4 Å². The minimum Gasteiger partial charge on any atom is -0.293 e. The summed E-state index contributed by atoms with van der Waals surface area (Å²) >= 11 is 0. The van der Waals surface area contributed by atoms with Crippen molar-refractivity contribution in [1.29, 1.82) is 0 Å². The van der Waals surface area contributed by atoms with Crippen molar-refractivity contribution in [2.75, 3.05) is 6.54 Å². The highest BCUT2D eigenvalue weighted by atomic mass is 14.7. The van der Waals surface area contributed by atoms with E-state index >= 15 is 0 Å². The average Bonchev–Trinajstić information content (AvgIpc) is 3.05. The number of hydrogen-bond donors (Lipinski definition) is 0. The van der Waals surface area contributed by atoms with E-state index in [0.29, 0.717) is 5.41 Å². The lowest BCUT2D eigenvalue weighted by atomic mass is 9.72. The van der Waals surface area contributed by atoms with Gasteiger partial charge in [0, 0.05) is 12.8 Å². The second kappa shape index (κ2) is 10.6. The van der Waals surface area contributed by atoms with E-state index in [9.17, 15) is 0 Å². The van der Waals surface area contributed by atoms with Crippen molar-refractivity contribution in [3.8, 4) is 0 Å². The average molecular weight is 367 g/mol. The molecule has 0 spiro atoms. The van der Waals surface area contributed by atoms with E-state index in [1.165, 1.54) is 73.7 Å². The molecule has 0 heterocycles. The molecule has 148 valence electrons. The lowest BCUT2D eigenvalue weighted by molar-refractivity contribution is 0.377. The Morgan fingerprint density at radius 1 is 1.11 bits per heavy atom. The maximum atomic E-state index is 4.59. The summed E-state index contributed by atoms with van der Waals surface area (Å²) in [5.74, 6) is 0. The molecule has 0 saturated carbocycles. The van der Waals surface area contributed by atoms with E-state index < -0.39 is 0 Å². The van der Waals surface area contributed by atoms with E-state index in [0.717, 1.165) is 6.54 Å². The zero-order valence-corrected chi connectivity index (χ0v) is 18.3. The van der Waals surface area contributed by atoms with Crippen LogP contribution in [0.1, 0.15) is 87.4 Å². The van der Waals surface area contributed by atoms with Gasteiger partial charge in [-0.1, -0.05) is 68.7 Å². The van der Waals surface area contributed by atoms with Gasteiger partial charge in [0.05, 0.1) is 0 Å². The number of rotatable bonds is 8. The molecule has 0 bridgehead atoms. The quantitative estimate of drug-likeness (QED) is 0.234. The Balaban J connectivity index is 0.00000392. The fraction of sp³-hybridized carbons (Fsp3) is 0.577. The fourth-order valence-electron chi connectivity index (χ4n) is 4.15. The van der Waals surface area contributed by atoms with Crippen LogP contribution in [0, 0.1) is 5.41 Å². The molecule has 2 aliphatic rings. The highest BCUT2D eigenvalue weighted by molar-refractivity contribution is 5.81. The van der Waals surface area contributed by atoms with E-state index in [4.69, 9.17) is 0 Å². The number of unbranched alkanes of at least 4 members (excludes halogenated alkanes) is 1. The van der Waals surface area contributed by atoms with Gasteiger partial charge in [0.1, 0.15) is 0 Å². The van der Waals surface area contributed by atoms with Gasteiger partial charge in [-0.25, -0.2) is 0 Å². The molecule has 0 unspecified atom stereocenters. The molecule has 0 saturated heterocycles. The van der Waals surface area contributed by atoms with Gasteiger partial charge >= 0.3 is 1.43 Å². The first-order valence-electron chi connectivity index (χ1n) is 10.9. The van der Waals surface area contributed by atoms with Crippen LogP contribution in [0.3, 0.4) is 0 Å². The maximum absolute atomic E-state index is 4.59. The molecule has 0 radical (unpaired) electrons. The molecule has 2 aliphatic carbocycles. The normalized spacial score (nSPS) is 21.6. The van der Waals surface area contributed by atoms with Crippen LogP contribution in [0.2, 0.25) is 0 Å². The van der Waals surface area contributed by atoms with Crippen molar-refractivity contribution in [2.45, 2.75) is 86.0 Å². The Bertz CT molecular complexity index is 683. The van der Waals surface area contributed by atoms with Gasteiger partial charge < -0.3 is 0 Å². The third-order valence-electron chi connectivity index (χ3n) is 5.90. The Morgan fingerprint density at radius 2 is 1.89 bits per heavy atom. The summed E-state index contributed by atoms with van der Waals surface area (Å²) in [5.41, 5.74) is 7.63. The SMILES string of the molecule is CCCCN=CC1=C(/C=C/C=C(C)/C=C/C2=C(C)CCCC2(C)C)CCC1.[H+]. The summed E-state index contributed by atoms with van der Waals surface area (Å²) < 4.78 is 0. The van der Waals surface area contributed by atoms with Gasteiger partial charge in [-0.3, -0.25) is 4.99 Å². The van der Waals surface area contributed by atoms with Gasteiger partial charge in [0.15, 0.2) is 0 Å². The monoisotopic (exact) mass is 366 g/mol. The van der Waals surface area contributed by atoms with Crippen LogP contribution in [0.25, 0.3) is 0 Å². The van der Waals surface area contributed by atoms with Crippen LogP contribution < -0.4 is 0 Å². The first-order valence-corrected chi connectivity index (χ1v) is 10.9. The first kappa shape index (κ1) is 21.7. The smallest absolute Gasteiger partial charge is 0.293 e. The summed E-state index contributed by atoms with van der Waals surface area (Å²) in [5, 5.41) is 0. The summed E-state index contributed by atoms with van der Waals surface area (Å²) in [6.45, 7) is 12.4. The van der Waals surface area contributed by atoms with E-state index in [-0.39, 0.29) is 1.43 Å². The lowest BCUT2D eigenvalue weighted by Crippen LogP contribution is -2.19. The summed E-state index contributed by atoms with van der Waals surface area (Å²) in [7, 11) is 0. The van der Waals surface area contributed by atoms with Crippen LogP contribution in [0.15, 0.2) is 63.2 Å². The molecule has 0 aliphatic heterocycles. The number of allylic oxidation sites excluding steroid dienone is 10. The third-order valence-corrected chi connectivity index (χ3v) is 5.90. The van der Waals surface area contributed by atoms with Gasteiger partial charge in [-0.15, -0.1) is 0 Å². The van der Waals surface area contributed by atoms with Crippen molar-refractivity contribution >= 4 is 6.21 Å². The second-order valence-corrected chi connectivity index (χ2v) is 8.83. The molecular formula is C26H40N+. The zero-order chi connectivity index (χ0) is 19.7. The Kier molecular flexibility index (Phi) is 8.54. The number of aliphatic imine (C=N–C) groups is 1. The molecule has 1 nitrogen and oxygen atoms in total. The number of hydrogen-bond acceptors (Lipinski definition) is 1. The van der Waals surface area contributed by atoms with Crippen LogP contribution in [0.5, 0.6) is 0 Å². The highest BCUT2D eigenvalue weighted by Gasteiger charge is 2.26. The molecule has 0 aromatic heterocycles. The molecule has 2 rings (SSSR count). The predicted molar refractivity (Wildman–Crippen MR) is 123 cm³/mol. The van der Waals surface area contributed by atoms with Gasteiger partial charge in [0.25, 0.3) is 0 Å². The maximum Gasteiger partial charge on any atom is 1.00 e. The van der Waals surface area contributed by atoms with Crippen molar-refractivity contribution in [2.24, 2.45) is 10.4 Å². The second-order valence-electron chi connectivity index (χ2n) is 8.83. The van der Waals surface area contributed by atoms with Crippen molar-refractivity contribution in [3.05, 3.63) is 58.2 Å². The molecule has 0 aromatic rings. The van der Waals surface area contributed by atoms with Crippen molar-refractivity contribution in [3.63, 3.8) is 0 Å².